The molecular weight excluding hydrogens is 377 g/mol. The van der Waals surface area contributed by atoms with E-state index in [2.05, 4.69) is 0 Å². The molecule has 0 aromatic heterocycles. The van der Waals surface area contributed by atoms with E-state index in [1.807, 2.05) is 25.1 Å². The van der Waals surface area contributed by atoms with Gasteiger partial charge in [-0.2, -0.15) is 0 Å². The summed E-state index contributed by atoms with van der Waals surface area (Å²) in [6, 6.07) is 18.3. The third-order valence-corrected chi connectivity index (χ3v) is 6.38. The van der Waals surface area contributed by atoms with Crippen molar-refractivity contribution in [1.82, 2.24) is 0 Å². The number of ether oxygens (including phenoxy) is 1. The first kappa shape index (κ1) is 19.9. The van der Waals surface area contributed by atoms with Gasteiger partial charge in [0.05, 0.1) is 24.2 Å². The van der Waals surface area contributed by atoms with Crippen molar-refractivity contribution in [2.24, 2.45) is 0 Å². The maximum atomic E-state index is 13.8. The first-order chi connectivity index (χ1) is 13.3. The number of sulfonamides is 1. The first-order valence-electron chi connectivity index (χ1n) is 8.80. The van der Waals surface area contributed by atoms with Gasteiger partial charge in [-0.15, -0.1) is 0 Å². The minimum atomic E-state index is -3.99. The number of anilines is 1. The Hall–Kier alpha value is -2.86. The van der Waals surface area contributed by atoms with Crippen LogP contribution < -0.4 is 9.04 Å². The summed E-state index contributed by atoms with van der Waals surface area (Å²) in [5.41, 5.74) is 2.70. The SMILES string of the molecule is COc1cccc(CN(c2cccc(C)c2)S(=O)(=O)c2cc(F)ccc2C)c1. The summed E-state index contributed by atoms with van der Waals surface area (Å²) < 4.78 is 47.4. The first-order valence-corrected chi connectivity index (χ1v) is 10.2. The molecule has 0 spiro atoms. The highest BCUT2D eigenvalue weighted by Crippen LogP contribution is 2.29. The van der Waals surface area contributed by atoms with Gasteiger partial charge in [0.2, 0.25) is 0 Å². The van der Waals surface area contributed by atoms with Gasteiger partial charge < -0.3 is 4.74 Å². The molecule has 4 nitrogen and oxygen atoms in total. The minimum Gasteiger partial charge on any atom is -0.497 e. The molecule has 0 N–H and O–H groups in total. The number of rotatable bonds is 6. The fraction of sp³-hybridized carbons (Fsp3) is 0.182. The van der Waals surface area contributed by atoms with Gasteiger partial charge in [0.1, 0.15) is 11.6 Å². The number of nitrogens with zero attached hydrogens (tertiary/aromatic N) is 1. The number of aryl methyl sites for hydroxylation is 2. The van der Waals surface area contributed by atoms with Crippen LogP contribution in [0.5, 0.6) is 5.75 Å². The van der Waals surface area contributed by atoms with Crippen molar-refractivity contribution in [3.63, 3.8) is 0 Å². The van der Waals surface area contributed by atoms with E-state index in [1.54, 1.807) is 44.4 Å². The van der Waals surface area contributed by atoms with Gasteiger partial charge >= 0.3 is 0 Å². The lowest BCUT2D eigenvalue weighted by Gasteiger charge is -2.26. The Morgan fingerprint density at radius 1 is 0.964 bits per heavy atom. The molecule has 0 fully saturated rings. The largest absolute Gasteiger partial charge is 0.497 e. The Bertz CT molecular complexity index is 1100. The van der Waals surface area contributed by atoms with Crippen LogP contribution in [-0.2, 0) is 16.6 Å². The van der Waals surface area contributed by atoms with Gasteiger partial charge in [-0.3, -0.25) is 4.31 Å². The number of halogens is 1. The van der Waals surface area contributed by atoms with E-state index in [4.69, 9.17) is 4.74 Å². The standard InChI is InChI=1S/C22H22FNO3S/c1-16-6-4-8-20(12-16)24(15-18-7-5-9-21(13-18)27-3)28(25,26)22-14-19(23)11-10-17(22)2/h4-14H,15H2,1-3H3. The molecule has 0 atom stereocenters. The van der Waals surface area contributed by atoms with E-state index < -0.39 is 15.8 Å². The van der Waals surface area contributed by atoms with Gasteiger partial charge in [-0.1, -0.05) is 30.3 Å². The van der Waals surface area contributed by atoms with Crippen molar-refractivity contribution in [3.8, 4) is 5.75 Å². The number of methoxy groups -OCH3 is 1. The minimum absolute atomic E-state index is 0.0445. The zero-order chi connectivity index (χ0) is 20.3. The van der Waals surface area contributed by atoms with Crippen molar-refractivity contribution >= 4 is 15.7 Å². The molecule has 0 aliphatic heterocycles. The second kappa shape index (κ2) is 8.02. The highest BCUT2D eigenvalue weighted by Gasteiger charge is 2.27. The molecule has 0 heterocycles. The Labute approximate surface area is 165 Å². The number of benzene rings is 3. The van der Waals surface area contributed by atoms with Gasteiger partial charge in [0.15, 0.2) is 0 Å². The van der Waals surface area contributed by atoms with Crippen molar-refractivity contribution in [2.45, 2.75) is 25.3 Å². The van der Waals surface area contributed by atoms with Crippen LogP contribution in [0.25, 0.3) is 0 Å². The van der Waals surface area contributed by atoms with Gasteiger partial charge in [0, 0.05) is 0 Å². The molecule has 0 saturated heterocycles. The number of hydrogen-bond donors (Lipinski definition) is 0. The van der Waals surface area contributed by atoms with E-state index in [-0.39, 0.29) is 11.4 Å². The highest BCUT2D eigenvalue weighted by molar-refractivity contribution is 7.92. The molecule has 0 aliphatic carbocycles. The lowest BCUT2D eigenvalue weighted by Crippen LogP contribution is -2.31. The molecular formula is C22H22FNO3S. The van der Waals surface area contributed by atoms with E-state index in [1.165, 1.54) is 16.4 Å². The van der Waals surface area contributed by atoms with Crippen LogP contribution in [0.2, 0.25) is 0 Å². The summed E-state index contributed by atoms with van der Waals surface area (Å²) in [7, 11) is -2.43. The van der Waals surface area contributed by atoms with Crippen LogP contribution in [0.3, 0.4) is 0 Å². The Morgan fingerprint density at radius 3 is 2.43 bits per heavy atom. The molecule has 0 bridgehead atoms. The van der Waals surface area contributed by atoms with Crippen LogP contribution in [0.1, 0.15) is 16.7 Å². The van der Waals surface area contributed by atoms with Crippen LogP contribution >= 0.6 is 0 Å². The zero-order valence-electron chi connectivity index (χ0n) is 16.0. The quantitative estimate of drug-likeness (QED) is 0.595. The lowest BCUT2D eigenvalue weighted by molar-refractivity contribution is 0.414. The summed E-state index contributed by atoms with van der Waals surface area (Å²) in [6.45, 7) is 3.65. The summed E-state index contributed by atoms with van der Waals surface area (Å²) in [5.74, 6) is 0.0516. The van der Waals surface area contributed by atoms with E-state index in [0.717, 1.165) is 17.2 Å². The second-order valence-corrected chi connectivity index (χ2v) is 8.44. The molecule has 0 aliphatic rings. The molecule has 28 heavy (non-hydrogen) atoms. The second-order valence-electron chi connectivity index (χ2n) is 6.61. The van der Waals surface area contributed by atoms with Crippen molar-refractivity contribution < 1.29 is 17.5 Å². The third kappa shape index (κ3) is 4.17. The Balaban J connectivity index is 2.14. The van der Waals surface area contributed by atoms with Crippen molar-refractivity contribution in [2.75, 3.05) is 11.4 Å². The smallest absolute Gasteiger partial charge is 0.264 e. The van der Waals surface area contributed by atoms with E-state index >= 15 is 0 Å². The van der Waals surface area contributed by atoms with E-state index in [9.17, 15) is 12.8 Å². The molecule has 0 saturated carbocycles. The summed E-state index contributed by atoms with van der Waals surface area (Å²) >= 11 is 0. The molecule has 3 rings (SSSR count). The summed E-state index contributed by atoms with van der Waals surface area (Å²) in [4.78, 5) is -0.0445. The molecule has 146 valence electrons. The molecule has 0 radical (unpaired) electrons. The normalized spacial score (nSPS) is 11.3. The van der Waals surface area contributed by atoms with Gasteiger partial charge in [0.25, 0.3) is 10.0 Å². The number of hydrogen-bond acceptors (Lipinski definition) is 3. The molecule has 6 heteroatoms. The molecule has 3 aromatic rings. The third-order valence-electron chi connectivity index (χ3n) is 4.47. The average Bonchev–Trinajstić information content (AvgIpc) is 2.68. The van der Waals surface area contributed by atoms with Crippen molar-refractivity contribution in [1.29, 1.82) is 0 Å². The molecule has 0 unspecified atom stereocenters. The van der Waals surface area contributed by atoms with Crippen LogP contribution in [-0.4, -0.2) is 15.5 Å². The molecule has 3 aromatic carbocycles. The van der Waals surface area contributed by atoms with Gasteiger partial charge in [-0.25, -0.2) is 12.8 Å². The Kier molecular flexibility index (Phi) is 5.70. The van der Waals surface area contributed by atoms with Crippen molar-refractivity contribution in [3.05, 3.63) is 89.2 Å². The lowest BCUT2D eigenvalue weighted by atomic mass is 10.2. The Morgan fingerprint density at radius 2 is 1.71 bits per heavy atom. The van der Waals surface area contributed by atoms with Crippen LogP contribution in [0, 0.1) is 19.7 Å². The zero-order valence-corrected chi connectivity index (χ0v) is 16.8. The fourth-order valence-electron chi connectivity index (χ4n) is 3.01. The average molecular weight is 399 g/mol. The van der Waals surface area contributed by atoms with Crippen LogP contribution in [0.15, 0.2) is 71.6 Å². The highest BCUT2D eigenvalue weighted by atomic mass is 32.2. The summed E-state index contributed by atoms with van der Waals surface area (Å²) in [6.07, 6.45) is 0. The predicted octanol–water partition coefficient (Wildman–Crippen LogP) is 4.85. The fourth-order valence-corrected chi connectivity index (χ4v) is 4.69. The predicted molar refractivity (Wildman–Crippen MR) is 109 cm³/mol. The monoisotopic (exact) mass is 399 g/mol. The molecule has 0 amide bonds. The maximum absolute atomic E-state index is 13.8. The van der Waals surface area contributed by atoms with Crippen LogP contribution in [0.4, 0.5) is 10.1 Å². The summed E-state index contributed by atoms with van der Waals surface area (Å²) in [5, 5.41) is 0. The topological polar surface area (TPSA) is 46.6 Å². The van der Waals surface area contributed by atoms with Gasteiger partial charge in [-0.05, 0) is 66.9 Å². The van der Waals surface area contributed by atoms with E-state index in [0.29, 0.717) is 17.0 Å². The maximum Gasteiger partial charge on any atom is 0.264 e.